The molecule has 0 aromatic carbocycles. The van der Waals surface area contributed by atoms with Crippen LogP contribution >= 0.6 is 0 Å². The summed E-state index contributed by atoms with van der Waals surface area (Å²) >= 11 is 0. The summed E-state index contributed by atoms with van der Waals surface area (Å²) in [6.45, 7) is 7.30. The lowest BCUT2D eigenvalue weighted by Crippen LogP contribution is -2.30. The zero-order valence-electron chi connectivity index (χ0n) is 9.84. The molecular formula is C12H24O2. The van der Waals surface area contributed by atoms with Gasteiger partial charge in [-0.1, -0.05) is 26.7 Å². The predicted octanol–water partition coefficient (Wildman–Crippen LogP) is 3.50. The highest BCUT2D eigenvalue weighted by molar-refractivity contribution is 4.77. The summed E-state index contributed by atoms with van der Waals surface area (Å²) in [5, 5.41) is 0. The average Bonchev–Trinajstić information content (AvgIpc) is 2.55. The highest BCUT2D eigenvalue weighted by Gasteiger charge is 2.38. The lowest BCUT2D eigenvalue weighted by molar-refractivity contribution is -0.177. The van der Waals surface area contributed by atoms with Gasteiger partial charge >= 0.3 is 0 Å². The maximum Gasteiger partial charge on any atom is 0.168 e. The molecule has 2 heteroatoms. The molecule has 0 bridgehead atoms. The summed E-state index contributed by atoms with van der Waals surface area (Å²) < 4.78 is 11.8. The molecule has 1 aliphatic rings. The number of hydrogen-bond acceptors (Lipinski definition) is 2. The summed E-state index contributed by atoms with van der Waals surface area (Å²) in [4.78, 5) is 0. The van der Waals surface area contributed by atoms with E-state index in [1.165, 1.54) is 25.7 Å². The van der Waals surface area contributed by atoms with Gasteiger partial charge in [0.1, 0.15) is 0 Å². The standard InChI is InChI=1S/C12H24O2/c1-4-6-8-12(9-7-5-2)13-10-11(3)14-12/h11H,4-10H2,1-3H3. The number of rotatable bonds is 6. The van der Waals surface area contributed by atoms with Gasteiger partial charge in [0, 0.05) is 12.8 Å². The molecule has 0 aromatic heterocycles. The topological polar surface area (TPSA) is 18.5 Å². The predicted molar refractivity (Wildman–Crippen MR) is 58.3 cm³/mol. The van der Waals surface area contributed by atoms with E-state index in [1.807, 2.05) is 0 Å². The fraction of sp³-hybridized carbons (Fsp3) is 1.00. The molecule has 0 amide bonds. The number of ether oxygens (including phenoxy) is 2. The van der Waals surface area contributed by atoms with Crippen LogP contribution in [0.5, 0.6) is 0 Å². The first-order valence-corrected chi connectivity index (χ1v) is 6.04. The van der Waals surface area contributed by atoms with Crippen molar-refractivity contribution < 1.29 is 9.47 Å². The summed E-state index contributed by atoms with van der Waals surface area (Å²) in [7, 11) is 0. The first kappa shape index (κ1) is 12.0. The van der Waals surface area contributed by atoms with Gasteiger partial charge in [0.25, 0.3) is 0 Å². The molecule has 14 heavy (non-hydrogen) atoms. The molecule has 1 atom stereocenters. The first-order valence-electron chi connectivity index (χ1n) is 6.04. The van der Waals surface area contributed by atoms with Crippen molar-refractivity contribution in [2.24, 2.45) is 0 Å². The zero-order chi connectivity index (χ0) is 10.4. The minimum Gasteiger partial charge on any atom is -0.347 e. The second kappa shape index (κ2) is 5.72. The van der Waals surface area contributed by atoms with Crippen molar-refractivity contribution >= 4 is 0 Å². The first-order chi connectivity index (χ1) is 6.72. The molecule has 2 nitrogen and oxygen atoms in total. The van der Waals surface area contributed by atoms with Crippen LogP contribution in [0.4, 0.5) is 0 Å². The van der Waals surface area contributed by atoms with Crippen LogP contribution in [0.2, 0.25) is 0 Å². The third-order valence-corrected chi connectivity index (χ3v) is 2.82. The van der Waals surface area contributed by atoms with Gasteiger partial charge in [-0.2, -0.15) is 0 Å². The Bertz CT molecular complexity index is 148. The molecule has 1 rings (SSSR count). The molecule has 0 saturated carbocycles. The Kier molecular flexibility index (Phi) is 4.90. The van der Waals surface area contributed by atoms with Gasteiger partial charge in [0.05, 0.1) is 12.7 Å². The van der Waals surface area contributed by atoms with E-state index < -0.39 is 0 Å². The lowest BCUT2D eigenvalue weighted by Gasteiger charge is -2.27. The van der Waals surface area contributed by atoms with E-state index in [1.54, 1.807) is 0 Å². The smallest absolute Gasteiger partial charge is 0.168 e. The van der Waals surface area contributed by atoms with Crippen molar-refractivity contribution in [3.63, 3.8) is 0 Å². The van der Waals surface area contributed by atoms with Crippen molar-refractivity contribution in [2.45, 2.75) is 71.2 Å². The third kappa shape index (κ3) is 3.25. The second-order valence-corrected chi connectivity index (χ2v) is 4.36. The van der Waals surface area contributed by atoms with Gasteiger partial charge in [-0.15, -0.1) is 0 Å². The molecule has 0 radical (unpaired) electrons. The van der Waals surface area contributed by atoms with E-state index in [0.29, 0.717) is 0 Å². The molecule has 0 N–H and O–H groups in total. The molecule has 1 heterocycles. The van der Waals surface area contributed by atoms with Gasteiger partial charge in [-0.25, -0.2) is 0 Å². The summed E-state index contributed by atoms with van der Waals surface area (Å²) in [6, 6.07) is 0. The molecule has 1 saturated heterocycles. The molecular weight excluding hydrogens is 176 g/mol. The van der Waals surface area contributed by atoms with E-state index >= 15 is 0 Å². The Morgan fingerprint density at radius 2 is 1.71 bits per heavy atom. The minimum absolute atomic E-state index is 0.231. The maximum absolute atomic E-state index is 5.93. The van der Waals surface area contributed by atoms with Crippen LogP contribution in [-0.2, 0) is 9.47 Å². The Hall–Kier alpha value is -0.0800. The van der Waals surface area contributed by atoms with Gasteiger partial charge in [0.15, 0.2) is 5.79 Å². The van der Waals surface area contributed by atoms with E-state index in [2.05, 4.69) is 20.8 Å². The van der Waals surface area contributed by atoms with Crippen LogP contribution in [0.1, 0.15) is 59.3 Å². The quantitative estimate of drug-likeness (QED) is 0.653. The van der Waals surface area contributed by atoms with Gasteiger partial charge in [-0.3, -0.25) is 0 Å². The Balaban J connectivity index is 2.42. The molecule has 0 aliphatic carbocycles. The molecule has 1 unspecified atom stereocenters. The van der Waals surface area contributed by atoms with E-state index in [9.17, 15) is 0 Å². The van der Waals surface area contributed by atoms with E-state index in [-0.39, 0.29) is 11.9 Å². The highest BCUT2D eigenvalue weighted by Crippen LogP contribution is 2.33. The van der Waals surface area contributed by atoms with Crippen LogP contribution in [0.3, 0.4) is 0 Å². The van der Waals surface area contributed by atoms with Crippen molar-refractivity contribution in [1.82, 2.24) is 0 Å². The summed E-state index contributed by atoms with van der Waals surface area (Å²) in [5.74, 6) is -0.231. The normalized spacial score (nSPS) is 25.5. The molecule has 0 spiro atoms. The van der Waals surface area contributed by atoms with Crippen molar-refractivity contribution in [3.8, 4) is 0 Å². The number of hydrogen-bond donors (Lipinski definition) is 0. The molecule has 0 aromatic rings. The summed E-state index contributed by atoms with van der Waals surface area (Å²) in [5.41, 5.74) is 0. The molecule has 1 fully saturated rings. The van der Waals surface area contributed by atoms with Crippen LogP contribution < -0.4 is 0 Å². The Morgan fingerprint density at radius 3 is 2.07 bits per heavy atom. The third-order valence-electron chi connectivity index (χ3n) is 2.82. The number of unbranched alkanes of at least 4 members (excludes halogenated alkanes) is 2. The van der Waals surface area contributed by atoms with Crippen molar-refractivity contribution in [3.05, 3.63) is 0 Å². The Labute approximate surface area is 88.0 Å². The van der Waals surface area contributed by atoms with E-state index in [4.69, 9.17) is 9.47 Å². The van der Waals surface area contributed by atoms with Crippen LogP contribution in [0, 0.1) is 0 Å². The lowest BCUT2D eigenvalue weighted by atomic mass is 10.0. The van der Waals surface area contributed by atoms with Crippen LogP contribution in [0.25, 0.3) is 0 Å². The SMILES string of the molecule is CCCCC1(CCCC)OCC(C)O1. The van der Waals surface area contributed by atoms with E-state index in [0.717, 1.165) is 19.4 Å². The van der Waals surface area contributed by atoms with Gasteiger partial charge in [-0.05, 0) is 19.8 Å². The monoisotopic (exact) mass is 200 g/mol. The fourth-order valence-electron chi connectivity index (χ4n) is 1.98. The van der Waals surface area contributed by atoms with Gasteiger partial charge < -0.3 is 9.47 Å². The van der Waals surface area contributed by atoms with Crippen molar-refractivity contribution in [1.29, 1.82) is 0 Å². The largest absolute Gasteiger partial charge is 0.347 e. The highest BCUT2D eigenvalue weighted by atomic mass is 16.7. The Morgan fingerprint density at radius 1 is 1.14 bits per heavy atom. The minimum atomic E-state index is -0.231. The van der Waals surface area contributed by atoms with Gasteiger partial charge in [0.2, 0.25) is 0 Å². The summed E-state index contributed by atoms with van der Waals surface area (Å²) in [6.07, 6.45) is 7.25. The van der Waals surface area contributed by atoms with Crippen LogP contribution in [-0.4, -0.2) is 18.5 Å². The van der Waals surface area contributed by atoms with Crippen LogP contribution in [0.15, 0.2) is 0 Å². The molecule has 84 valence electrons. The van der Waals surface area contributed by atoms with Crippen molar-refractivity contribution in [2.75, 3.05) is 6.61 Å². The maximum atomic E-state index is 5.93. The second-order valence-electron chi connectivity index (χ2n) is 4.36. The fourth-order valence-corrected chi connectivity index (χ4v) is 1.98. The average molecular weight is 200 g/mol. The zero-order valence-corrected chi connectivity index (χ0v) is 9.84. The molecule has 1 aliphatic heterocycles.